The highest BCUT2D eigenvalue weighted by molar-refractivity contribution is 6.30. The van der Waals surface area contributed by atoms with Crippen LogP contribution in [0.25, 0.3) is 0 Å². The summed E-state index contributed by atoms with van der Waals surface area (Å²) < 4.78 is 5.93. The van der Waals surface area contributed by atoms with Crippen molar-refractivity contribution in [3.63, 3.8) is 0 Å². The molecule has 0 aliphatic carbocycles. The highest BCUT2D eigenvalue weighted by atomic mass is 35.5. The van der Waals surface area contributed by atoms with E-state index in [1.807, 2.05) is 18.2 Å². The number of carbonyl (C=O) groups is 2. The van der Waals surface area contributed by atoms with Crippen molar-refractivity contribution in [3.8, 4) is 17.6 Å². The molecule has 1 aliphatic rings. The molecule has 0 spiro atoms. The van der Waals surface area contributed by atoms with Gasteiger partial charge in [-0.2, -0.15) is 5.06 Å². The Balaban J connectivity index is 1.33. The number of carbonyl (C=O) groups excluding carboxylic acids is 2. The first-order chi connectivity index (χ1) is 19.3. The van der Waals surface area contributed by atoms with Crippen molar-refractivity contribution >= 4 is 23.5 Å². The van der Waals surface area contributed by atoms with Crippen LogP contribution in [0.5, 0.6) is 5.75 Å². The van der Waals surface area contributed by atoms with Crippen LogP contribution in [-0.4, -0.2) is 77.9 Å². The van der Waals surface area contributed by atoms with Gasteiger partial charge in [-0.25, -0.2) is 4.79 Å². The molecule has 5 N–H and O–H groups in total. The van der Waals surface area contributed by atoms with Crippen molar-refractivity contribution in [2.45, 2.75) is 6.04 Å². The molecule has 0 saturated carbocycles. The first-order valence-corrected chi connectivity index (χ1v) is 13.3. The fourth-order valence-electron chi connectivity index (χ4n) is 4.64. The lowest BCUT2D eigenvalue weighted by atomic mass is 9.96. The van der Waals surface area contributed by atoms with E-state index < -0.39 is 11.9 Å². The maximum absolute atomic E-state index is 12.0. The summed E-state index contributed by atoms with van der Waals surface area (Å²) in [5, 5.41) is 10.3. The van der Waals surface area contributed by atoms with Crippen molar-refractivity contribution in [2.75, 3.05) is 45.9 Å². The van der Waals surface area contributed by atoms with Crippen molar-refractivity contribution in [3.05, 3.63) is 100 Å². The van der Waals surface area contributed by atoms with E-state index in [0.717, 1.165) is 31.2 Å². The topological polar surface area (TPSA) is 125 Å². The maximum Gasteiger partial charge on any atom is 0.339 e. The van der Waals surface area contributed by atoms with Crippen molar-refractivity contribution in [1.82, 2.24) is 14.9 Å². The zero-order valence-electron chi connectivity index (χ0n) is 22.0. The molecular weight excluding hydrogens is 530 g/mol. The molecule has 0 bridgehead atoms. The van der Waals surface area contributed by atoms with Crippen LogP contribution >= 0.6 is 11.6 Å². The second-order valence-electron chi connectivity index (χ2n) is 9.36. The van der Waals surface area contributed by atoms with E-state index in [4.69, 9.17) is 27.8 Å². The van der Waals surface area contributed by atoms with Gasteiger partial charge in [0, 0.05) is 43.3 Å². The Bertz CT molecular complexity index is 1370. The Kier molecular flexibility index (Phi) is 10.00. The third-order valence-electron chi connectivity index (χ3n) is 6.70. The molecule has 1 aliphatic heterocycles. The number of primary amides is 2. The molecule has 1 atom stereocenters. The number of hydrogen-bond donors (Lipinski definition) is 3. The Morgan fingerprint density at radius 3 is 2.30 bits per heavy atom. The van der Waals surface area contributed by atoms with Gasteiger partial charge in [0.2, 0.25) is 0 Å². The molecule has 10 heteroatoms. The van der Waals surface area contributed by atoms with Crippen LogP contribution in [0.3, 0.4) is 0 Å². The fraction of sp³-hybridized carbons (Fsp3) is 0.267. The lowest BCUT2D eigenvalue weighted by molar-refractivity contribution is -0.0269. The summed E-state index contributed by atoms with van der Waals surface area (Å²) >= 11 is 6.15. The van der Waals surface area contributed by atoms with Crippen LogP contribution in [-0.2, 0) is 0 Å². The number of ether oxygens (including phenoxy) is 1. The summed E-state index contributed by atoms with van der Waals surface area (Å²) in [4.78, 5) is 27.7. The second-order valence-corrected chi connectivity index (χ2v) is 9.80. The monoisotopic (exact) mass is 561 g/mol. The summed E-state index contributed by atoms with van der Waals surface area (Å²) in [6.45, 7) is 4.37. The number of hydroxylamine groups is 2. The minimum Gasteiger partial charge on any atom is -0.491 e. The van der Waals surface area contributed by atoms with Gasteiger partial charge in [-0.3, -0.25) is 19.8 Å². The Labute approximate surface area is 238 Å². The molecule has 3 aromatic rings. The van der Waals surface area contributed by atoms with Crippen LogP contribution in [0.15, 0.2) is 72.8 Å². The third kappa shape index (κ3) is 7.74. The molecule has 0 unspecified atom stereocenters. The number of halogens is 1. The molecule has 1 saturated heterocycles. The van der Waals surface area contributed by atoms with Gasteiger partial charge < -0.3 is 16.2 Å². The van der Waals surface area contributed by atoms with E-state index >= 15 is 0 Å². The number of piperazine rings is 1. The molecule has 4 rings (SSSR count). The fourth-order valence-corrected chi connectivity index (χ4v) is 4.77. The van der Waals surface area contributed by atoms with E-state index in [9.17, 15) is 14.8 Å². The van der Waals surface area contributed by atoms with Gasteiger partial charge >= 0.3 is 6.03 Å². The predicted molar refractivity (Wildman–Crippen MR) is 153 cm³/mol. The molecule has 9 nitrogen and oxygen atoms in total. The number of amides is 3. The van der Waals surface area contributed by atoms with Crippen LogP contribution in [0.2, 0.25) is 5.02 Å². The Morgan fingerprint density at radius 1 is 0.975 bits per heavy atom. The second kappa shape index (κ2) is 13.8. The van der Waals surface area contributed by atoms with E-state index in [1.165, 1.54) is 17.2 Å². The van der Waals surface area contributed by atoms with Gasteiger partial charge in [-0.05, 0) is 41.5 Å². The quantitative estimate of drug-likeness (QED) is 0.209. The summed E-state index contributed by atoms with van der Waals surface area (Å²) in [7, 11) is 0. The number of urea groups is 1. The first kappa shape index (κ1) is 28.9. The summed E-state index contributed by atoms with van der Waals surface area (Å²) in [6.07, 6.45) is 0. The van der Waals surface area contributed by atoms with Crippen LogP contribution in [0, 0.1) is 11.8 Å². The summed E-state index contributed by atoms with van der Waals surface area (Å²) in [5.74, 6) is 5.11. The molecule has 1 fully saturated rings. The van der Waals surface area contributed by atoms with Gasteiger partial charge in [-0.15, -0.1) is 0 Å². The minimum atomic E-state index is -1.00. The van der Waals surface area contributed by atoms with Crippen LogP contribution < -0.4 is 16.2 Å². The lowest BCUT2D eigenvalue weighted by Crippen LogP contribution is -2.48. The van der Waals surface area contributed by atoms with E-state index in [-0.39, 0.29) is 18.2 Å². The molecule has 1 heterocycles. The van der Waals surface area contributed by atoms with Crippen molar-refractivity contribution < 1.29 is 19.5 Å². The van der Waals surface area contributed by atoms with E-state index in [2.05, 4.69) is 58.0 Å². The number of nitrogens with two attached hydrogens (primary N) is 2. The molecular formula is C30H32ClN5O4. The van der Waals surface area contributed by atoms with Gasteiger partial charge in [0.15, 0.2) is 0 Å². The molecule has 0 aromatic heterocycles. The van der Waals surface area contributed by atoms with Gasteiger partial charge in [-0.1, -0.05) is 65.9 Å². The Hall–Kier alpha value is -4.07. The highest BCUT2D eigenvalue weighted by Gasteiger charge is 2.26. The molecule has 3 amide bonds. The molecule has 40 heavy (non-hydrogen) atoms. The molecule has 0 radical (unpaired) electrons. The minimum absolute atomic E-state index is 0.146. The first-order valence-electron chi connectivity index (χ1n) is 12.9. The highest BCUT2D eigenvalue weighted by Crippen LogP contribution is 2.30. The maximum atomic E-state index is 12.0. The predicted octanol–water partition coefficient (Wildman–Crippen LogP) is 3.35. The standard InChI is InChI=1S/C30H32ClN5O4/c31-25-11-9-24(10-12-25)28(23-6-2-1-3-7-23)35-17-15-34(16-18-35)19-20-40-27-13-8-22(21-26(27)29(32)37)5-4-14-36(39)30(33)38/h1-3,6-13,21,28,39H,14-20H2,(H2,32,37)(H2,33,38)/t28-/m1/s1. The average molecular weight is 562 g/mol. The summed E-state index contributed by atoms with van der Waals surface area (Å²) in [6, 6.07) is 22.5. The van der Waals surface area contributed by atoms with Crippen LogP contribution in [0.4, 0.5) is 4.79 Å². The number of hydrogen-bond acceptors (Lipinski definition) is 6. The smallest absolute Gasteiger partial charge is 0.339 e. The normalized spacial score (nSPS) is 14.6. The summed E-state index contributed by atoms with van der Waals surface area (Å²) in [5.41, 5.74) is 13.7. The average Bonchev–Trinajstić information content (AvgIpc) is 2.96. The van der Waals surface area contributed by atoms with Crippen molar-refractivity contribution in [1.29, 1.82) is 0 Å². The van der Waals surface area contributed by atoms with Gasteiger partial charge in [0.25, 0.3) is 5.91 Å². The number of nitrogens with zero attached hydrogens (tertiary/aromatic N) is 3. The van der Waals surface area contributed by atoms with E-state index in [0.29, 0.717) is 29.5 Å². The van der Waals surface area contributed by atoms with E-state index in [1.54, 1.807) is 12.1 Å². The number of benzene rings is 3. The zero-order valence-corrected chi connectivity index (χ0v) is 22.8. The zero-order chi connectivity index (χ0) is 28.5. The van der Waals surface area contributed by atoms with Crippen LogP contribution in [0.1, 0.15) is 33.1 Å². The van der Waals surface area contributed by atoms with Crippen molar-refractivity contribution in [2.24, 2.45) is 11.5 Å². The molecule has 208 valence electrons. The van der Waals surface area contributed by atoms with Gasteiger partial charge in [0.05, 0.1) is 11.6 Å². The third-order valence-corrected chi connectivity index (χ3v) is 6.95. The largest absolute Gasteiger partial charge is 0.491 e. The molecule has 3 aromatic carbocycles. The number of rotatable bonds is 9. The van der Waals surface area contributed by atoms with Gasteiger partial charge in [0.1, 0.15) is 18.9 Å². The SMILES string of the molecule is NC(=O)c1cc(C#CCN(O)C(N)=O)ccc1OCCN1CCN([C@H](c2ccccc2)c2ccc(Cl)cc2)CC1. The Morgan fingerprint density at radius 2 is 1.65 bits per heavy atom. The lowest BCUT2D eigenvalue weighted by Gasteiger charge is -2.39.